The van der Waals surface area contributed by atoms with Gasteiger partial charge >= 0.3 is 0 Å². The normalized spacial score (nSPS) is 18.6. The van der Waals surface area contributed by atoms with Gasteiger partial charge in [-0.2, -0.15) is 12.6 Å². The summed E-state index contributed by atoms with van der Waals surface area (Å²) in [5.41, 5.74) is 0. The molecule has 0 spiro atoms. The Hall–Kier alpha value is 0.310. The van der Waals surface area contributed by atoms with Crippen LogP contribution in [0, 0.1) is 5.92 Å². The molecule has 0 unspecified atom stereocenters. The van der Waals surface area contributed by atoms with Gasteiger partial charge in [-0.3, -0.25) is 0 Å². The van der Waals surface area contributed by atoms with Crippen LogP contribution in [-0.4, -0.2) is 29.8 Å². The van der Waals surface area contributed by atoms with Crippen LogP contribution in [0.3, 0.4) is 0 Å². The van der Waals surface area contributed by atoms with Crippen molar-refractivity contribution in [2.75, 3.05) is 18.8 Å². The monoisotopic (exact) mass is 215 g/mol. The molecule has 1 fully saturated rings. The summed E-state index contributed by atoms with van der Waals surface area (Å²) in [6.45, 7) is 7.18. The zero-order valence-corrected chi connectivity index (χ0v) is 10.6. The smallest absolute Gasteiger partial charge is 0.00953 e. The second kappa shape index (κ2) is 6.73. The van der Waals surface area contributed by atoms with Crippen molar-refractivity contribution in [2.45, 2.75) is 52.0 Å². The first kappa shape index (κ1) is 12.4. The fourth-order valence-corrected chi connectivity index (χ4v) is 2.58. The maximum atomic E-state index is 4.30. The Morgan fingerprint density at radius 1 is 1.29 bits per heavy atom. The van der Waals surface area contributed by atoms with Crippen molar-refractivity contribution in [3.63, 3.8) is 0 Å². The average molecular weight is 215 g/mol. The van der Waals surface area contributed by atoms with E-state index >= 15 is 0 Å². The lowest BCUT2D eigenvalue weighted by Crippen LogP contribution is -2.37. The van der Waals surface area contributed by atoms with Gasteiger partial charge in [-0.05, 0) is 37.5 Å². The van der Waals surface area contributed by atoms with Crippen LogP contribution in [0.25, 0.3) is 0 Å². The van der Waals surface area contributed by atoms with Crippen LogP contribution in [0.15, 0.2) is 0 Å². The summed E-state index contributed by atoms with van der Waals surface area (Å²) >= 11 is 4.30. The lowest BCUT2D eigenvalue weighted by molar-refractivity contribution is 0.178. The van der Waals surface area contributed by atoms with Gasteiger partial charge in [0.15, 0.2) is 0 Å². The van der Waals surface area contributed by atoms with Crippen molar-refractivity contribution in [3.05, 3.63) is 0 Å². The van der Waals surface area contributed by atoms with Gasteiger partial charge in [0.25, 0.3) is 0 Å². The predicted octanol–water partition coefficient (Wildman–Crippen LogP) is 3.21. The first-order chi connectivity index (χ1) is 6.74. The predicted molar refractivity (Wildman–Crippen MR) is 67.1 cm³/mol. The molecule has 2 heteroatoms. The van der Waals surface area contributed by atoms with Gasteiger partial charge in [0.1, 0.15) is 0 Å². The van der Waals surface area contributed by atoms with E-state index in [-0.39, 0.29) is 0 Å². The van der Waals surface area contributed by atoms with Crippen LogP contribution < -0.4 is 0 Å². The molecule has 0 N–H and O–H groups in total. The third-order valence-corrected chi connectivity index (χ3v) is 3.36. The van der Waals surface area contributed by atoms with Crippen molar-refractivity contribution in [1.82, 2.24) is 4.90 Å². The number of rotatable bonds is 6. The maximum Gasteiger partial charge on any atom is 0.00953 e. The van der Waals surface area contributed by atoms with E-state index in [1.165, 1.54) is 45.2 Å². The molecule has 1 aliphatic carbocycles. The number of hydrogen-bond acceptors (Lipinski definition) is 2. The SMILES string of the molecule is CC(C)CN(CCCS)C1CCCC1. The topological polar surface area (TPSA) is 3.24 Å². The highest BCUT2D eigenvalue weighted by atomic mass is 32.1. The molecular weight excluding hydrogens is 190 g/mol. The minimum Gasteiger partial charge on any atom is -0.300 e. The quantitative estimate of drug-likeness (QED) is 0.666. The molecule has 0 aromatic carbocycles. The van der Waals surface area contributed by atoms with Gasteiger partial charge < -0.3 is 4.90 Å². The molecule has 1 nitrogen and oxygen atoms in total. The standard InChI is InChI=1S/C12H25NS/c1-11(2)10-13(8-5-9-14)12-6-3-4-7-12/h11-12,14H,3-10H2,1-2H3. The first-order valence-corrected chi connectivity index (χ1v) is 6.72. The summed E-state index contributed by atoms with van der Waals surface area (Å²) in [4.78, 5) is 2.70. The molecule has 0 heterocycles. The van der Waals surface area contributed by atoms with E-state index < -0.39 is 0 Å². The Morgan fingerprint density at radius 2 is 1.93 bits per heavy atom. The molecular formula is C12H25NS. The van der Waals surface area contributed by atoms with Crippen molar-refractivity contribution >= 4 is 12.6 Å². The maximum absolute atomic E-state index is 4.30. The van der Waals surface area contributed by atoms with Gasteiger partial charge in [0.05, 0.1) is 0 Å². The molecule has 0 radical (unpaired) electrons. The van der Waals surface area contributed by atoms with Crippen LogP contribution >= 0.6 is 12.6 Å². The fraction of sp³-hybridized carbons (Fsp3) is 1.00. The van der Waals surface area contributed by atoms with Gasteiger partial charge in [-0.25, -0.2) is 0 Å². The number of thiol groups is 1. The summed E-state index contributed by atoms with van der Waals surface area (Å²) in [5.74, 6) is 1.83. The van der Waals surface area contributed by atoms with Gasteiger partial charge in [0, 0.05) is 12.6 Å². The van der Waals surface area contributed by atoms with Gasteiger partial charge in [0.2, 0.25) is 0 Å². The Labute approximate surface area is 94.7 Å². The van der Waals surface area contributed by atoms with E-state index in [1.54, 1.807) is 0 Å². The van der Waals surface area contributed by atoms with Gasteiger partial charge in [-0.15, -0.1) is 0 Å². The summed E-state index contributed by atoms with van der Waals surface area (Å²) < 4.78 is 0. The molecule has 84 valence electrons. The van der Waals surface area contributed by atoms with Crippen molar-refractivity contribution in [3.8, 4) is 0 Å². The highest BCUT2D eigenvalue weighted by molar-refractivity contribution is 7.80. The molecule has 0 aliphatic heterocycles. The van der Waals surface area contributed by atoms with Crippen molar-refractivity contribution in [2.24, 2.45) is 5.92 Å². The molecule has 14 heavy (non-hydrogen) atoms. The van der Waals surface area contributed by atoms with E-state index in [0.29, 0.717) is 0 Å². The lowest BCUT2D eigenvalue weighted by Gasteiger charge is -2.30. The van der Waals surface area contributed by atoms with Crippen LogP contribution in [0.5, 0.6) is 0 Å². The second-order valence-electron chi connectivity index (χ2n) is 4.90. The van der Waals surface area contributed by atoms with E-state index in [9.17, 15) is 0 Å². The van der Waals surface area contributed by atoms with E-state index in [2.05, 4.69) is 31.4 Å². The number of hydrogen-bond donors (Lipinski definition) is 1. The van der Waals surface area contributed by atoms with Crippen LogP contribution in [0.2, 0.25) is 0 Å². The Bertz CT molecular complexity index is 141. The molecule has 1 rings (SSSR count). The molecule has 0 aromatic heterocycles. The van der Waals surface area contributed by atoms with Crippen molar-refractivity contribution in [1.29, 1.82) is 0 Å². The number of nitrogens with zero attached hydrogens (tertiary/aromatic N) is 1. The summed E-state index contributed by atoms with van der Waals surface area (Å²) in [5, 5.41) is 0. The Balaban J connectivity index is 2.34. The molecule has 0 saturated heterocycles. The first-order valence-electron chi connectivity index (χ1n) is 6.09. The summed E-state index contributed by atoms with van der Waals surface area (Å²) in [7, 11) is 0. The zero-order valence-electron chi connectivity index (χ0n) is 9.71. The Kier molecular flexibility index (Phi) is 5.95. The van der Waals surface area contributed by atoms with E-state index in [0.717, 1.165) is 17.7 Å². The summed E-state index contributed by atoms with van der Waals surface area (Å²) in [6, 6.07) is 0.886. The summed E-state index contributed by atoms with van der Waals surface area (Å²) in [6.07, 6.45) is 6.99. The molecule has 0 amide bonds. The van der Waals surface area contributed by atoms with Crippen LogP contribution in [0.4, 0.5) is 0 Å². The highest BCUT2D eigenvalue weighted by Crippen LogP contribution is 2.24. The largest absolute Gasteiger partial charge is 0.300 e. The molecule has 1 aliphatic rings. The Morgan fingerprint density at radius 3 is 2.43 bits per heavy atom. The average Bonchev–Trinajstić information content (AvgIpc) is 2.64. The molecule has 1 saturated carbocycles. The van der Waals surface area contributed by atoms with E-state index in [4.69, 9.17) is 0 Å². The molecule has 0 aromatic rings. The zero-order chi connectivity index (χ0) is 10.4. The van der Waals surface area contributed by atoms with Crippen LogP contribution in [0.1, 0.15) is 46.0 Å². The molecule has 0 bridgehead atoms. The minimum atomic E-state index is 0.801. The molecule has 0 atom stereocenters. The minimum absolute atomic E-state index is 0.801. The van der Waals surface area contributed by atoms with Crippen LogP contribution in [-0.2, 0) is 0 Å². The van der Waals surface area contributed by atoms with Gasteiger partial charge in [-0.1, -0.05) is 26.7 Å². The second-order valence-corrected chi connectivity index (χ2v) is 5.35. The fourth-order valence-electron chi connectivity index (χ4n) is 2.44. The highest BCUT2D eigenvalue weighted by Gasteiger charge is 2.22. The third-order valence-electron chi connectivity index (χ3n) is 3.04. The van der Waals surface area contributed by atoms with Crippen molar-refractivity contribution < 1.29 is 0 Å². The van der Waals surface area contributed by atoms with E-state index in [1.807, 2.05) is 0 Å². The lowest BCUT2D eigenvalue weighted by atomic mass is 10.1. The third kappa shape index (κ3) is 4.22.